The molecule has 0 fully saturated rings. The fraction of sp³-hybridized carbons (Fsp3) is 0.0455. The Bertz CT molecular complexity index is 1100. The standard InChI is InChI=1S/C22H18BrN3O3/c1-14-5-4-6-15(11-14)21(28)25-19-8-3-2-7-18(19)22(29)26-24-13-16-12-17(23)9-10-20(16)27/h2-13,27H,1H3,(H,25,28)(H,26,29)/b24-13-. The Kier molecular flexibility index (Phi) is 6.41. The van der Waals surface area contributed by atoms with E-state index in [-0.39, 0.29) is 17.2 Å². The minimum Gasteiger partial charge on any atom is -0.507 e. The van der Waals surface area contributed by atoms with Crippen LogP contribution in [-0.2, 0) is 0 Å². The van der Waals surface area contributed by atoms with Gasteiger partial charge in [-0.2, -0.15) is 5.10 Å². The maximum atomic E-state index is 12.5. The number of hydrazone groups is 1. The van der Waals surface area contributed by atoms with Crippen LogP contribution in [0.25, 0.3) is 0 Å². The third kappa shape index (κ3) is 5.30. The molecule has 3 rings (SSSR count). The summed E-state index contributed by atoms with van der Waals surface area (Å²) in [5.74, 6) is -0.760. The Balaban J connectivity index is 1.74. The molecule has 0 unspecified atom stereocenters. The van der Waals surface area contributed by atoms with Crippen molar-refractivity contribution in [1.29, 1.82) is 0 Å². The summed E-state index contributed by atoms with van der Waals surface area (Å²) < 4.78 is 0.771. The molecule has 3 aromatic rings. The van der Waals surface area contributed by atoms with Gasteiger partial charge in [-0.1, -0.05) is 45.8 Å². The van der Waals surface area contributed by atoms with E-state index in [1.165, 1.54) is 12.3 Å². The van der Waals surface area contributed by atoms with Crippen LogP contribution in [0.5, 0.6) is 5.75 Å². The summed E-state index contributed by atoms with van der Waals surface area (Å²) in [6, 6.07) is 18.7. The van der Waals surface area contributed by atoms with Crippen molar-refractivity contribution in [3.63, 3.8) is 0 Å². The SMILES string of the molecule is Cc1cccc(C(=O)Nc2ccccc2C(=O)N/N=C\c2cc(Br)ccc2O)c1. The highest BCUT2D eigenvalue weighted by Crippen LogP contribution is 2.20. The van der Waals surface area contributed by atoms with E-state index >= 15 is 0 Å². The zero-order valence-electron chi connectivity index (χ0n) is 15.5. The summed E-state index contributed by atoms with van der Waals surface area (Å²) in [6.45, 7) is 1.90. The summed E-state index contributed by atoms with van der Waals surface area (Å²) in [4.78, 5) is 25.0. The number of nitrogens with zero attached hydrogens (tertiary/aromatic N) is 1. The number of halogens is 1. The monoisotopic (exact) mass is 451 g/mol. The molecule has 7 heteroatoms. The number of phenolic OH excluding ortho intramolecular Hbond substituents is 1. The largest absolute Gasteiger partial charge is 0.507 e. The van der Waals surface area contributed by atoms with Crippen molar-refractivity contribution in [3.05, 3.63) is 93.5 Å². The number of aromatic hydroxyl groups is 1. The summed E-state index contributed by atoms with van der Waals surface area (Å²) in [5, 5.41) is 16.5. The number of aryl methyl sites for hydroxylation is 1. The molecule has 6 nitrogen and oxygen atoms in total. The first kappa shape index (κ1) is 20.3. The minimum atomic E-state index is -0.490. The second kappa shape index (κ2) is 9.16. The van der Waals surface area contributed by atoms with Gasteiger partial charge in [0, 0.05) is 15.6 Å². The maximum absolute atomic E-state index is 12.5. The lowest BCUT2D eigenvalue weighted by molar-refractivity contribution is 0.0956. The Morgan fingerprint density at radius 2 is 1.79 bits per heavy atom. The number of hydrogen-bond acceptors (Lipinski definition) is 4. The quantitative estimate of drug-likeness (QED) is 0.394. The molecular weight excluding hydrogens is 434 g/mol. The number of hydrogen-bond donors (Lipinski definition) is 3. The lowest BCUT2D eigenvalue weighted by Crippen LogP contribution is -2.21. The third-order valence-corrected chi connectivity index (χ3v) is 4.55. The number of para-hydroxylation sites is 1. The van der Waals surface area contributed by atoms with Crippen LogP contribution < -0.4 is 10.7 Å². The highest BCUT2D eigenvalue weighted by molar-refractivity contribution is 9.10. The zero-order chi connectivity index (χ0) is 20.8. The number of nitrogens with one attached hydrogen (secondary N) is 2. The lowest BCUT2D eigenvalue weighted by Gasteiger charge is -2.10. The molecule has 0 aliphatic rings. The van der Waals surface area contributed by atoms with Crippen LogP contribution in [0, 0.1) is 6.92 Å². The molecule has 3 aromatic carbocycles. The van der Waals surface area contributed by atoms with Gasteiger partial charge in [0.15, 0.2) is 0 Å². The average molecular weight is 452 g/mol. The van der Waals surface area contributed by atoms with E-state index in [9.17, 15) is 14.7 Å². The Morgan fingerprint density at radius 1 is 1.00 bits per heavy atom. The maximum Gasteiger partial charge on any atom is 0.273 e. The number of anilines is 1. The van der Waals surface area contributed by atoms with E-state index in [4.69, 9.17) is 0 Å². The molecule has 0 spiro atoms. The Labute approximate surface area is 176 Å². The van der Waals surface area contributed by atoms with Crippen LogP contribution in [0.4, 0.5) is 5.69 Å². The molecule has 0 saturated carbocycles. The van der Waals surface area contributed by atoms with Crippen LogP contribution in [0.1, 0.15) is 31.8 Å². The molecule has 0 aliphatic carbocycles. The van der Waals surface area contributed by atoms with Crippen LogP contribution in [0.3, 0.4) is 0 Å². The fourth-order valence-corrected chi connectivity index (χ4v) is 3.00. The van der Waals surface area contributed by atoms with E-state index in [1.54, 1.807) is 54.6 Å². The normalized spacial score (nSPS) is 10.7. The molecule has 0 atom stereocenters. The predicted octanol–water partition coefficient (Wildman–Crippen LogP) is 4.48. The summed E-state index contributed by atoms with van der Waals surface area (Å²) >= 11 is 3.31. The van der Waals surface area contributed by atoms with E-state index in [2.05, 4.69) is 31.8 Å². The van der Waals surface area contributed by atoms with Gasteiger partial charge in [-0.3, -0.25) is 9.59 Å². The van der Waals surface area contributed by atoms with E-state index in [0.717, 1.165) is 10.0 Å². The molecule has 2 amide bonds. The van der Waals surface area contributed by atoms with Crippen molar-refractivity contribution in [2.24, 2.45) is 5.10 Å². The van der Waals surface area contributed by atoms with Gasteiger partial charge in [-0.05, 0) is 49.4 Å². The van der Waals surface area contributed by atoms with Gasteiger partial charge in [0.05, 0.1) is 17.5 Å². The highest BCUT2D eigenvalue weighted by Gasteiger charge is 2.14. The van der Waals surface area contributed by atoms with Gasteiger partial charge in [0.25, 0.3) is 11.8 Å². The van der Waals surface area contributed by atoms with Crippen molar-refractivity contribution in [2.45, 2.75) is 6.92 Å². The summed E-state index contributed by atoms with van der Waals surface area (Å²) in [5.41, 5.74) is 4.96. The predicted molar refractivity (Wildman–Crippen MR) is 116 cm³/mol. The van der Waals surface area contributed by atoms with Gasteiger partial charge < -0.3 is 10.4 Å². The number of amides is 2. The lowest BCUT2D eigenvalue weighted by atomic mass is 10.1. The van der Waals surface area contributed by atoms with Gasteiger partial charge >= 0.3 is 0 Å². The molecule has 146 valence electrons. The van der Waals surface area contributed by atoms with Crippen LogP contribution in [0.15, 0.2) is 76.3 Å². The molecule has 3 N–H and O–H groups in total. The average Bonchev–Trinajstić information content (AvgIpc) is 2.71. The van der Waals surface area contributed by atoms with Gasteiger partial charge in [0.1, 0.15) is 5.75 Å². The van der Waals surface area contributed by atoms with Crippen LogP contribution in [-0.4, -0.2) is 23.1 Å². The molecule has 0 radical (unpaired) electrons. The van der Waals surface area contributed by atoms with Crippen molar-refractivity contribution < 1.29 is 14.7 Å². The van der Waals surface area contributed by atoms with Crippen molar-refractivity contribution in [3.8, 4) is 5.75 Å². The molecule has 29 heavy (non-hydrogen) atoms. The first-order chi connectivity index (χ1) is 13.9. The smallest absolute Gasteiger partial charge is 0.273 e. The highest BCUT2D eigenvalue weighted by atomic mass is 79.9. The zero-order valence-corrected chi connectivity index (χ0v) is 17.1. The fourth-order valence-electron chi connectivity index (χ4n) is 2.62. The molecule has 0 saturated heterocycles. The second-order valence-corrected chi connectivity index (χ2v) is 7.19. The molecular formula is C22H18BrN3O3. The van der Waals surface area contributed by atoms with Gasteiger partial charge in [-0.25, -0.2) is 5.43 Å². The van der Waals surface area contributed by atoms with Crippen molar-refractivity contribution in [2.75, 3.05) is 5.32 Å². The minimum absolute atomic E-state index is 0.0389. The van der Waals surface area contributed by atoms with E-state index in [1.807, 2.05) is 13.0 Å². The summed E-state index contributed by atoms with van der Waals surface area (Å²) in [7, 11) is 0. The van der Waals surface area contributed by atoms with E-state index < -0.39 is 5.91 Å². The molecule has 0 heterocycles. The Hall–Kier alpha value is -3.45. The van der Waals surface area contributed by atoms with Crippen LogP contribution in [0.2, 0.25) is 0 Å². The number of carbonyl (C=O) groups excluding carboxylic acids is 2. The Morgan fingerprint density at radius 3 is 2.59 bits per heavy atom. The molecule has 0 aliphatic heterocycles. The third-order valence-electron chi connectivity index (χ3n) is 4.06. The second-order valence-electron chi connectivity index (χ2n) is 6.27. The first-order valence-electron chi connectivity index (χ1n) is 8.73. The number of phenols is 1. The van der Waals surface area contributed by atoms with Crippen LogP contribution >= 0.6 is 15.9 Å². The topological polar surface area (TPSA) is 90.8 Å². The first-order valence-corrected chi connectivity index (χ1v) is 9.52. The van der Waals surface area contributed by atoms with Crippen molar-refractivity contribution >= 4 is 39.6 Å². The molecule has 0 bridgehead atoms. The molecule has 0 aromatic heterocycles. The van der Waals surface area contributed by atoms with Crippen molar-refractivity contribution in [1.82, 2.24) is 5.43 Å². The van der Waals surface area contributed by atoms with Gasteiger partial charge in [0.2, 0.25) is 0 Å². The number of benzene rings is 3. The van der Waals surface area contributed by atoms with Gasteiger partial charge in [-0.15, -0.1) is 0 Å². The van der Waals surface area contributed by atoms with E-state index in [0.29, 0.717) is 16.8 Å². The summed E-state index contributed by atoms with van der Waals surface area (Å²) in [6.07, 6.45) is 1.34. The number of carbonyl (C=O) groups is 2. The number of rotatable bonds is 5.